The highest BCUT2D eigenvalue weighted by molar-refractivity contribution is 5.86. The summed E-state index contributed by atoms with van der Waals surface area (Å²) in [6.45, 7) is 5.41. The molecule has 2 aromatic heterocycles. The third-order valence-corrected chi connectivity index (χ3v) is 3.40. The van der Waals surface area contributed by atoms with Gasteiger partial charge in [-0.3, -0.25) is 0 Å². The van der Waals surface area contributed by atoms with Crippen molar-refractivity contribution in [1.82, 2.24) is 15.2 Å². The fraction of sp³-hybridized carbons (Fsp3) is 0.462. The number of nitrogen functional groups attached to an aromatic ring is 1. The maximum atomic E-state index is 5.89. The van der Waals surface area contributed by atoms with Gasteiger partial charge in [0.2, 0.25) is 5.71 Å². The Hall–Kier alpha value is -1.59. The molecule has 0 amide bonds. The van der Waals surface area contributed by atoms with E-state index in [0.29, 0.717) is 5.71 Å². The number of piperazine rings is 1. The monoisotopic (exact) mass is 246 g/mol. The lowest BCUT2D eigenvalue weighted by atomic mass is 10.2. The molecule has 3 heterocycles. The number of pyridine rings is 1. The zero-order valence-electron chi connectivity index (χ0n) is 10.4. The summed E-state index contributed by atoms with van der Waals surface area (Å²) in [6, 6.07) is 3.82. The van der Waals surface area contributed by atoms with Crippen LogP contribution in [0.25, 0.3) is 11.1 Å². The molecule has 5 nitrogen and oxygen atoms in total. The van der Waals surface area contributed by atoms with Crippen molar-refractivity contribution in [2.75, 3.05) is 38.5 Å². The van der Waals surface area contributed by atoms with Crippen molar-refractivity contribution in [1.29, 1.82) is 0 Å². The minimum Gasteiger partial charge on any atom is -0.443 e. The molecule has 96 valence electrons. The second-order valence-corrected chi connectivity index (χ2v) is 4.67. The first-order chi connectivity index (χ1) is 8.83. The van der Waals surface area contributed by atoms with Crippen molar-refractivity contribution < 1.29 is 4.42 Å². The molecule has 0 spiro atoms. The molecule has 0 saturated carbocycles. The van der Waals surface area contributed by atoms with Gasteiger partial charge in [-0.2, -0.15) is 0 Å². The maximum Gasteiger partial charge on any atom is 0.228 e. The van der Waals surface area contributed by atoms with Crippen molar-refractivity contribution in [3.8, 4) is 0 Å². The van der Waals surface area contributed by atoms with Gasteiger partial charge in [-0.1, -0.05) is 0 Å². The van der Waals surface area contributed by atoms with E-state index >= 15 is 0 Å². The Morgan fingerprint density at radius 1 is 1.39 bits per heavy atom. The molecule has 1 fully saturated rings. The molecule has 5 heteroatoms. The number of fused-ring (bicyclic) bond motifs is 1. The Bertz CT molecular complexity index is 531. The van der Waals surface area contributed by atoms with Gasteiger partial charge in [-0.25, -0.2) is 4.98 Å². The van der Waals surface area contributed by atoms with Crippen molar-refractivity contribution in [2.45, 2.75) is 6.42 Å². The molecule has 18 heavy (non-hydrogen) atoms. The Kier molecular flexibility index (Phi) is 3.17. The van der Waals surface area contributed by atoms with Crippen LogP contribution in [0, 0.1) is 0 Å². The quantitative estimate of drug-likeness (QED) is 0.840. The molecule has 0 unspecified atom stereocenters. The Balaban J connectivity index is 1.69. The van der Waals surface area contributed by atoms with Crippen molar-refractivity contribution >= 4 is 16.8 Å². The molecule has 0 radical (unpaired) electrons. The molecular weight excluding hydrogens is 228 g/mol. The first kappa shape index (κ1) is 11.5. The number of hydrogen-bond acceptors (Lipinski definition) is 5. The van der Waals surface area contributed by atoms with E-state index in [2.05, 4.69) is 15.2 Å². The summed E-state index contributed by atoms with van der Waals surface area (Å²) in [7, 11) is 0. The van der Waals surface area contributed by atoms with Crippen LogP contribution in [-0.4, -0.2) is 42.6 Å². The second kappa shape index (κ2) is 4.96. The molecule has 1 aliphatic rings. The maximum absolute atomic E-state index is 5.89. The summed E-state index contributed by atoms with van der Waals surface area (Å²) < 4.78 is 5.71. The lowest BCUT2D eigenvalue weighted by molar-refractivity contribution is 0.239. The molecule has 0 aromatic carbocycles. The normalized spacial score (nSPS) is 17.3. The van der Waals surface area contributed by atoms with Crippen LogP contribution in [-0.2, 0) is 6.42 Å². The second-order valence-electron chi connectivity index (χ2n) is 4.67. The number of rotatable bonds is 3. The van der Waals surface area contributed by atoms with Crippen molar-refractivity contribution in [3.05, 3.63) is 24.1 Å². The number of nitrogens with zero attached hydrogens (tertiary/aromatic N) is 2. The van der Waals surface area contributed by atoms with E-state index in [1.807, 2.05) is 6.07 Å². The van der Waals surface area contributed by atoms with Gasteiger partial charge < -0.3 is 20.4 Å². The van der Waals surface area contributed by atoms with Crippen LogP contribution in [0.2, 0.25) is 0 Å². The fourth-order valence-corrected chi connectivity index (χ4v) is 2.34. The standard InChI is InChI=1S/C13H18N4O/c14-12-1-3-16-13-11(12)9-10(18-13)2-6-17-7-4-15-5-8-17/h1,3,9,15H,2,4-8H2,(H2,14,16). The van der Waals surface area contributed by atoms with E-state index in [9.17, 15) is 0 Å². The van der Waals surface area contributed by atoms with Gasteiger partial charge in [0.1, 0.15) is 5.76 Å². The van der Waals surface area contributed by atoms with E-state index in [4.69, 9.17) is 10.2 Å². The number of nitrogens with two attached hydrogens (primary N) is 1. The zero-order chi connectivity index (χ0) is 12.4. The fourth-order valence-electron chi connectivity index (χ4n) is 2.34. The Morgan fingerprint density at radius 2 is 2.22 bits per heavy atom. The van der Waals surface area contributed by atoms with Crippen LogP contribution < -0.4 is 11.1 Å². The summed E-state index contributed by atoms with van der Waals surface area (Å²) in [5.41, 5.74) is 7.27. The van der Waals surface area contributed by atoms with Crippen LogP contribution >= 0.6 is 0 Å². The van der Waals surface area contributed by atoms with E-state index in [0.717, 1.165) is 56.0 Å². The van der Waals surface area contributed by atoms with Gasteiger partial charge >= 0.3 is 0 Å². The van der Waals surface area contributed by atoms with Crippen LogP contribution in [0.1, 0.15) is 5.76 Å². The minimum absolute atomic E-state index is 0.644. The molecule has 0 bridgehead atoms. The van der Waals surface area contributed by atoms with Gasteiger partial charge in [-0.15, -0.1) is 0 Å². The van der Waals surface area contributed by atoms with E-state index in [1.54, 1.807) is 12.3 Å². The number of hydrogen-bond donors (Lipinski definition) is 2. The smallest absolute Gasteiger partial charge is 0.228 e. The average Bonchev–Trinajstić information content (AvgIpc) is 2.82. The van der Waals surface area contributed by atoms with E-state index in [1.165, 1.54) is 0 Å². The van der Waals surface area contributed by atoms with Crippen molar-refractivity contribution in [3.63, 3.8) is 0 Å². The summed E-state index contributed by atoms with van der Waals surface area (Å²) >= 11 is 0. The first-order valence-corrected chi connectivity index (χ1v) is 6.39. The number of anilines is 1. The SMILES string of the molecule is Nc1ccnc2oc(CCN3CCNCC3)cc12. The average molecular weight is 246 g/mol. The summed E-state index contributed by atoms with van der Waals surface area (Å²) in [5.74, 6) is 0.967. The van der Waals surface area contributed by atoms with Gasteiger partial charge in [0.25, 0.3) is 0 Å². The molecule has 1 saturated heterocycles. The lowest BCUT2D eigenvalue weighted by Crippen LogP contribution is -2.44. The molecular formula is C13H18N4O. The van der Waals surface area contributed by atoms with Gasteiger partial charge in [-0.05, 0) is 12.1 Å². The molecule has 1 aliphatic heterocycles. The first-order valence-electron chi connectivity index (χ1n) is 6.39. The summed E-state index contributed by atoms with van der Waals surface area (Å²) in [5, 5.41) is 4.27. The van der Waals surface area contributed by atoms with E-state index in [-0.39, 0.29) is 0 Å². The molecule has 3 rings (SSSR count). The van der Waals surface area contributed by atoms with Crippen LogP contribution in [0.3, 0.4) is 0 Å². The highest BCUT2D eigenvalue weighted by atomic mass is 16.3. The minimum atomic E-state index is 0.644. The van der Waals surface area contributed by atoms with Crippen LogP contribution in [0.5, 0.6) is 0 Å². The predicted octanol–water partition coefficient (Wildman–Crippen LogP) is 0.858. The third kappa shape index (κ3) is 2.32. The highest BCUT2D eigenvalue weighted by Gasteiger charge is 2.12. The topological polar surface area (TPSA) is 67.3 Å². The Morgan fingerprint density at radius 3 is 3.00 bits per heavy atom. The molecule has 0 aliphatic carbocycles. The predicted molar refractivity (Wildman–Crippen MR) is 71.4 cm³/mol. The van der Waals surface area contributed by atoms with Crippen LogP contribution in [0.15, 0.2) is 22.7 Å². The number of nitrogens with one attached hydrogen (secondary N) is 1. The van der Waals surface area contributed by atoms with Crippen molar-refractivity contribution in [2.24, 2.45) is 0 Å². The number of aromatic nitrogens is 1. The molecule has 0 atom stereocenters. The molecule has 2 aromatic rings. The lowest BCUT2D eigenvalue weighted by Gasteiger charge is -2.26. The van der Waals surface area contributed by atoms with Gasteiger partial charge in [0.05, 0.1) is 5.39 Å². The Labute approximate surface area is 106 Å². The zero-order valence-corrected chi connectivity index (χ0v) is 10.4. The van der Waals surface area contributed by atoms with Crippen LogP contribution in [0.4, 0.5) is 5.69 Å². The summed E-state index contributed by atoms with van der Waals surface area (Å²) in [4.78, 5) is 6.63. The van der Waals surface area contributed by atoms with Gasteiger partial charge in [0.15, 0.2) is 0 Å². The third-order valence-electron chi connectivity index (χ3n) is 3.40. The molecule has 3 N–H and O–H groups in total. The largest absolute Gasteiger partial charge is 0.443 e. The highest BCUT2D eigenvalue weighted by Crippen LogP contribution is 2.22. The van der Waals surface area contributed by atoms with Gasteiger partial charge in [0, 0.05) is 51.0 Å². The number of furan rings is 1. The summed E-state index contributed by atoms with van der Waals surface area (Å²) in [6.07, 6.45) is 2.59. The van der Waals surface area contributed by atoms with E-state index < -0.39 is 0 Å².